The molecule has 7 nitrogen and oxygen atoms in total. The fourth-order valence-corrected chi connectivity index (χ4v) is 2.04. The summed E-state index contributed by atoms with van der Waals surface area (Å²) in [6.45, 7) is 1.95. The van der Waals surface area contributed by atoms with E-state index < -0.39 is 12.1 Å². The summed E-state index contributed by atoms with van der Waals surface area (Å²) in [6.07, 6.45) is -2.91. The molecular formula is C15H14F3N5O2. The van der Waals surface area contributed by atoms with Crippen molar-refractivity contribution in [3.05, 3.63) is 42.0 Å². The van der Waals surface area contributed by atoms with Crippen LogP contribution in [0, 0.1) is 6.92 Å². The summed E-state index contributed by atoms with van der Waals surface area (Å²) in [5.74, 6) is -1.49. The topological polar surface area (TPSA) is 99.8 Å². The van der Waals surface area contributed by atoms with Gasteiger partial charge in [0.15, 0.2) is 0 Å². The van der Waals surface area contributed by atoms with E-state index in [1.165, 1.54) is 12.3 Å². The Morgan fingerprint density at radius 2 is 1.96 bits per heavy atom. The maximum atomic E-state index is 12.5. The second kappa shape index (κ2) is 7.16. The van der Waals surface area contributed by atoms with Gasteiger partial charge in [-0.25, -0.2) is 0 Å². The van der Waals surface area contributed by atoms with Crippen LogP contribution in [0.1, 0.15) is 11.6 Å². The van der Waals surface area contributed by atoms with E-state index in [9.17, 15) is 13.2 Å². The minimum Gasteiger partial charge on any atom is -0.372 e. The van der Waals surface area contributed by atoms with Crippen LogP contribution in [0.4, 0.5) is 13.2 Å². The third-order valence-electron chi connectivity index (χ3n) is 3.32. The van der Waals surface area contributed by atoms with Crippen LogP contribution in [0.25, 0.3) is 22.8 Å². The molecule has 0 saturated carbocycles. The Kier molecular flexibility index (Phi) is 5.20. The molecule has 0 atom stereocenters. The van der Waals surface area contributed by atoms with Crippen molar-refractivity contribution < 1.29 is 22.5 Å². The van der Waals surface area contributed by atoms with E-state index >= 15 is 0 Å². The number of hydrogen-bond donors (Lipinski definition) is 1. The van der Waals surface area contributed by atoms with Gasteiger partial charge >= 0.3 is 12.1 Å². The van der Waals surface area contributed by atoms with Gasteiger partial charge in [0, 0.05) is 24.5 Å². The summed E-state index contributed by atoms with van der Waals surface area (Å²) in [5, 5.41) is 3.37. The number of nitrogens with two attached hydrogens (primary N) is 1. The third-order valence-corrected chi connectivity index (χ3v) is 3.32. The number of rotatable bonds is 2. The van der Waals surface area contributed by atoms with Gasteiger partial charge in [0.25, 0.3) is 0 Å². The van der Waals surface area contributed by atoms with E-state index in [0.717, 1.165) is 11.4 Å². The van der Waals surface area contributed by atoms with Crippen molar-refractivity contribution >= 4 is 6.41 Å². The highest BCUT2D eigenvalue weighted by Crippen LogP contribution is 2.30. The zero-order chi connectivity index (χ0) is 18.6. The number of halogens is 3. The second-order valence-electron chi connectivity index (χ2n) is 4.91. The maximum absolute atomic E-state index is 12.5. The number of carbonyl (C=O) groups is 1. The van der Waals surface area contributed by atoms with Crippen LogP contribution in [-0.4, -0.2) is 26.1 Å². The van der Waals surface area contributed by atoms with Crippen LogP contribution in [0.3, 0.4) is 0 Å². The Bertz CT molecular complexity index is 870. The molecule has 2 N–H and O–H groups in total. The summed E-state index contributed by atoms with van der Waals surface area (Å²) >= 11 is 0. The van der Waals surface area contributed by atoms with Crippen LogP contribution in [0.5, 0.6) is 0 Å². The van der Waals surface area contributed by atoms with Gasteiger partial charge in [0.1, 0.15) is 0 Å². The molecule has 0 aliphatic rings. The minimum absolute atomic E-state index is 0.123. The smallest absolute Gasteiger partial charge is 0.372 e. The summed E-state index contributed by atoms with van der Waals surface area (Å²) in [4.78, 5) is 16.2. The van der Waals surface area contributed by atoms with Gasteiger partial charge in [-0.05, 0) is 31.2 Å². The largest absolute Gasteiger partial charge is 0.471 e. The van der Waals surface area contributed by atoms with Crippen LogP contribution >= 0.6 is 0 Å². The summed E-state index contributed by atoms with van der Waals surface area (Å²) in [6, 6.07) is 6.97. The molecule has 1 amide bonds. The number of aromatic nitrogens is 4. The number of alkyl halides is 3. The van der Waals surface area contributed by atoms with Gasteiger partial charge in [0.05, 0.1) is 11.4 Å². The quantitative estimate of drug-likeness (QED) is 0.714. The lowest BCUT2D eigenvalue weighted by Gasteiger charge is -2.05. The Labute approximate surface area is 140 Å². The van der Waals surface area contributed by atoms with Crippen molar-refractivity contribution in [2.45, 2.75) is 13.1 Å². The lowest BCUT2D eigenvalue weighted by Crippen LogP contribution is -2.04. The Hall–Kier alpha value is -3.17. The van der Waals surface area contributed by atoms with Crippen LogP contribution in [0.15, 0.2) is 35.0 Å². The van der Waals surface area contributed by atoms with E-state index in [1.807, 2.05) is 30.7 Å². The van der Waals surface area contributed by atoms with Crippen molar-refractivity contribution in [2.75, 3.05) is 0 Å². The monoisotopic (exact) mass is 353 g/mol. The van der Waals surface area contributed by atoms with Crippen molar-refractivity contribution in [3.8, 4) is 22.8 Å². The molecule has 3 aromatic heterocycles. The molecule has 0 aromatic carbocycles. The Morgan fingerprint density at radius 1 is 1.28 bits per heavy atom. The molecule has 0 aliphatic carbocycles. The average molecular weight is 353 g/mol. The first-order valence-corrected chi connectivity index (χ1v) is 6.93. The molecule has 0 fully saturated rings. The predicted molar refractivity (Wildman–Crippen MR) is 81.9 cm³/mol. The summed E-state index contributed by atoms with van der Waals surface area (Å²) < 4.78 is 43.7. The molecule has 3 aromatic rings. The molecule has 3 rings (SSSR count). The molecule has 132 valence electrons. The number of amides is 1. The van der Waals surface area contributed by atoms with Crippen molar-refractivity contribution in [3.63, 3.8) is 0 Å². The van der Waals surface area contributed by atoms with Crippen molar-refractivity contribution in [1.82, 2.24) is 19.7 Å². The number of nitrogens with zero attached hydrogens (tertiary/aromatic N) is 4. The lowest BCUT2D eigenvalue weighted by molar-refractivity contribution is -0.159. The van der Waals surface area contributed by atoms with Gasteiger partial charge < -0.3 is 14.8 Å². The molecule has 0 saturated heterocycles. The number of hydrogen-bond acceptors (Lipinski definition) is 5. The van der Waals surface area contributed by atoms with Gasteiger partial charge in [-0.1, -0.05) is 5.16 Å². The van der Waals surface area contributed by atoms with Crippen LogP contribution < -0.4 is 5.73 Å². The standard InChI is InChI=1S/C14H11F3N4O.CH3NO/c1-8-3-4-11(21(8)2)10-7-9(5-6-18-10)12-19-13(22-20-12)14(15,16)17;2-1-3/h3-7H,1-2H3;1H,(H2,2,3). The number of primary amides is 1. The molecule has 3 heterocycles. The fourth-order valence-electron chi connectivity index (χ4n) is 2.04. The van der Waals surface area contributed by atoms with E-state index in [1.54, 1.807) is 6.07 Å². The van der Waals surface area contributed by atoms with Gasteiger partial charge in [-0.3, -0.25) is 9.78 Å². The van der Waals surface area contributed by atoms with E-state index in [2.05, 4.69) is 25.4 Å². The predicted octanol–water partition coefficient (Wildman–Crippen LogP) is 2.57. The SMILES string of the molecule is Cc1ccc(-c2cc(-c3noc(C(F)(F)F)n3)ccn2)n1C.NC=O. The lowest BCUT2D eigenvalue weighted by atomic mass is 10.2. The Balaban J connectivity index is 0.000000701. The first kappa shape index (κ1) is 18.2. The van der Waals surface area contributed by atoms with Crippen LogP contribution in [0.2, 0.25) is 0 Å². The van der Waals surface area contributed by atoms with E-state index in [4.69, 9.17) is 4.79 Å². The molecule has 0 radical (unpaired) electrons. The normalized spacial score (nSPS) is 10.9. The summed E-state index contributed by atoms with van der Waals surface area (Å²) in [7, 11) is 1.88. The van der Waals surface area contributed by atoms with E-state index in [-0.39, 0.29) is 12.2 Å². The first-order valence-electron chi connectivity index (χ1n) is 6.93. The highest BCUT2D eigenvalue weighted by molar-refractivity contribution is 5.65. The second-order valence-corrected chi connectivity index (χ2v) is 4.91. The van der Waals surface area contributed by atoms with Gasteiger partial charge in [-0.2, -0.15) is 18.2 Å². The third kappa shape index (κ3) is 4.03. The summed E-state index contributed by atoms with van der Waals surface area (Å²) in [5.41, 5.74) is 7.08. The van der Waals surface area contributed by atoms with Gasteiger partial charge in [0.2, 0.25) is 12.2 Å². The first-order chi connectivity index (χ1) is 11.8. The minimum atomic E-state index is -4.66. The highest BCUT2D eigenvalue weighted by atomic mass is 19.4. The number of aryl methyl sites for hydroxylation is 1. The van der Waals surface area contributed by atoms with Gasteiger partial charge in [-0.15, -0.1) is 0 Å². The molecular weight excluding hydrogens is 339 g/mol. The average Bonchev–Trinajstić information content (AvgIpc) is 3.17. The molecule has 0 spiro atoms. The number of pyridine rings is 1. The van der Waals surface area contributed by atoms with Crippen LogP contribution in [-0.2, 0) is 18.0 Å². The molecule has 10 heteroatoms. The Morgan fingerprint density at radius 3 is 2.48 bits per heavy atom. The highest BCUT2D eigenvalue weighted by Gasteiger charge is 2.38. The number of carbonyl (C=O) groups excluding carboxylic acids is 1. The maximum Gasteiger partial charge on any atom is 0.471 e. The fraction of sp³-hybridized carbons (Fsp3) is 0.200. The van der Waals surface area contributed by atoms with Crippen molar-refractivity contribution in [1.29, 1.82) is 0 Å². The zero-order valence-corrected chi connectivity index (χ0v) is 13.3. The molecule has 25 heavy (non-hydrogen) atoms. The van der Waals surface area contributed by atoms with Crippen molar-refractivity contribution in [2.24, 2.45) is 12.8 Å². The molecule has 0 unspecified atom stereocenters. The van der Waals surface area contributed by atoms with E-state index in [0.29, 0.717) is 11.3 Å². The molecule has 0 aliphatic heterocycles. The zero-order valence-electron chi connectivity index (χ0n) is 13.3. The molecule has 0 bridgehead atoms.